The number of Topliss-reactive ketones (excluding diaryl/α,β-unsaturated/α-hetero) is 1. The van der Waals surface area contributed by atoms with Crippen molar-refractivity contribution in [3.05, 3.63) is 54.1 Å². The van der Waals surface area contributed by atoms with E-state index in [2.05, 4.69) is 58.1 Å². The second kappa shape index (κ2) is 8.86. The van der Waals surface area contributed by atoms with Gasteiger partial charge in [0.25, 0.3) is 0 Å². The maximum Gasteiger partial charge on any atom is 0.190 e. The molecule has 1 saturated heterocycles. The number of azo groups is 1. The Balaban J connectivity index is 1.36. The van der Waals surface area contributed by atoms with E-state index >= 15 is 0 Å². The van der Waals surface area contributed by atoms with E-state index in [9.17, 15) is 4.79 Å². The number of hydrogen-bond acceptors (Lipinski definition) is 6. The molecule has 3 atom stereocenters. The first kappa shape index (κ1) is 20.4. The van der Waals surface area contributed by atoms with Gasteiger partial charge in [0.15, 0.2) is 11.8 Å². The Bertz CT molecular complexity index is 886. The predicted octanol–water partition coefficient (Wildman–Crippen LogP) is 4.51. The van der Waals surface area contributed by atoms with Crippen LogP contribution in [0.25, 0.3) is 0 Å². The van der Waals surface area contributed by atoms with E-state index in [4.69, 9.17) is 4.74 Å². The molecule has 0 aromatic heterocycles. The lowest BCUT2D eigenvalue weighted by Gasteiger charge is -2.37. The van der Waals surface area contributed by atoms with Crippen molar-refractivity contribution in [3.8, 4) is 5.75 Å². The highest BCUT2D eigenvalue weighted by Crippen LogP contribution is 2.32. The third-order valence-corrected chi connectivity index (χ3v) is 6.34. The molecule has 6 heteroatoms. The molecule has 3 unspecified atom stereocenters. The minimum atomic E-state index is -0.440. The summed E-state index contributed by atoms with van der Waals surface area (Å²) in [5.74, 6) is 1.26. The molecular weight excluding hydrogens is 376 g/mol. The minimum Gasteiger partial charge on any atom is -0.497 e. The van der Waals surface area contributed by atoms with Crippen LogP contribution in [0.2, 0.25) is 0 Å². The van der Waals surface area contributed by atoms with Crippen LogP contribution in [0.3, 0.4) is 0 Å². The van der Waals surface area contributed by atoms with E-state index in [1.54, 1.807) is 7.11 Å². The van der Waals surface area contributed by atoms with Crippen LogP contribution < -0.4 is 14.5 Å². The topological polar surface area (TPSA) is 57.5 Å². The first-order chi connectivity index (χ1) is 14.6. The van der Waals surface area contributed by atoms with E-state index in [1.165, 1.54) is 11.4 Å². The van der Waals surface area contributed by atoms with Gasteiger partial charge in [-0.1, -0.05) is 32.4 Å². The van der Waals surface area contributed by atoms with Crippen molar-refractivity contribution >= 4 is 17.2 Å². The van der Waals surface area contributed by atoms with Gasteiger partial charge in [-0.25, -0.2) is 0 Å². The summed E-state index contributed by atoms with van der Waals surface area (Å²) in [4.78, 5) is 17.5. The molecule has 0 bridgehead atoms. The molecule has 0 aliphatic carbocycles. The van der Waals surface area contributed by atoms with Gasteiger partial charge in [-0.05, 0) is 47.9 Å². The Morgan fingerprint density at radius 3 is 1.97 bits per heavy atom. The SMILES string of the molecule is CCC(C)C1N=NC(c2ccc(N3CCN(c4ccc(OC)cc4)CC3)cc2)C1=O. The fourth-order valence-electron chi connectivity index (χ4n) is 4.15. The molecule has 158 valence electrons. The van der Waals surface area contributed by atoms with Crippen molar-refractivity contribution in [1.82, 2.24) is 0 Å². The molecule has 1 fully saturated rings. The number of rotatable bonds is 6. The maximum absolute atomic E-state index is 12.7. The van der Waals surface area contributed by atoms with Crippen molar-refractivity contribution in [2.45, 2.75) is 32.4 Å². The van der Waals surface area contributed by atoms with Gasteiger partial charge in [-0.15, -0.1) is 0 Å². The van der Waals surface area contributed by atoms with Gasteiger partial charge in [-0.2, -0.15) is 10.2 Å². The standard InChI is InChI=1S/C24H30N4O2/c1-4-17(2)22-24(29)23(26-25-22)18-5-7-19(8-6-18)27-13-15-28(16-14-27)20-9-11-21(30-3)12-10-20/h5-12,17,22-23H,4,13-16H2,1-3H3. The average molecular weight is 407 g/mol. The number of ether oxygens (including phenoxy) is 1. The molecule has 2 aliphatic rings. The zero-order valence-corrected chi connectivity index (χ0v) is 18.0. The third-order valence-electron chi connectivity index (χ3n) is 6.34. The van der Waals surface area contributed by atoms with Gasteiger partial charge in [-0.3, -0.25) is 4.79 Å². The summed E-state index contributed by atoms with van der Waals surface area (Å²) in [5, 5.41) is 8.54. The highest BCUT2D eigenvalue weighted by atomic mass is 16.5. The van der Waals surface area contributed by atoms with E-state index in [-0.39, 0.29) is 17.7 Å². The van der Waals surface area contributed by atoms with Crippen LogP contribution in [0.4, 0.5) is 11.4 Å². The number of ketones is 1. The second-order valence-corrected chi connectivity index (χ2v) is 8.13. The normalized spacial score (nSPS) is 22.4. The Hall–Kier alpha value is -2.89. The fourth-order valence-corrected chi connectivity index (χ4v) is 4.15. The number of piperazine rings is 1. The summed E-state index contributed by atoms with van der Waals surface area (Å²) >= 11 is 0. The van der Waals surface area contributed by atoms with Crippen LogP contribution in [0.15, 0.2) is 58.8 Å². The summed E-state index contributed by atoms with van der Waals surface area (Å²) in [5.41, 5.74) is 3.36. The molecular formula is C24H30N4O2. The average Bonchev–Trinajstić information content (AvgIpc) is 3.20. The smallest absolute Gasteiger partial charge is 0.190 e. The summed E-state index contributed by atoms with van der Waals surface area (Å²) in [6.45, 7) is 8.02. The van der Waals surface area contributed by atoms with Crippen LogP contribution in [0.1, 0.15) is 31.9 Å². The summed E-state index contributed by atoms with van der Waals surface area (Å²) in [6, 6.07) is 15.8. The van der Waals surface area contributed by atoms with E-state index < -0.39 is 6.04 Å². The molecule has 30 heavy (non-hydrogen) atoms. The molecule has 2 aromatic carbocycles. The zero-order valence-electron chi connectivity index (χ0n) is 18.0. The van der Waals surface area contributed by atoms with Crippen molar-refractivity contribution in [2.75, 3.05) is 43.1 Å². The van der Waals surface area contributed by atoms with Gasteiger partial charge in [0, 0.05) is 37.6 Å². The summed E-state index contributed by atoms with van der Waals surface area (Å²) in [7, 11) is 1.69. The van der Waals surface area contributed by atoms with E-state index in [1.807, 2.05) is 24.3 Å². The molecule has 4 rings (SSSR count). The minimum absolute atomic E-state index is 0.130. The molecule has 0 saturated carbocycles. The van der Waals surface area contributed by atoms with E-state index in [0.29, 0.717) is 0 Å². The number of carbonyl (C=O) groups excluding carboxylic acids is 1. The number of hydrogen-bond donors (Lipinski definition) is 0. The first-order valence-electron chi connectivity index (χ1n) is 10.8. The number of methoxy groups -OCH3 is 1. The largest absolute Gasteiger partial charge is 0.497 e. The highest BCUT2D eigenvalue weighted by Gasteiger charge is 2.36. The second-order valence-electron chi connectivity index (χ2n) is 8.13. The fraction of sp³-hybridized carbons (Fsp3) is 0.458. The Morgan fingerprint density at radius 1 is 0.933 bits per heavy atom. The number of carbonyl (C=O) groups is 1. The highest BCUT2D eigenvalue weighted by molar-refractivity contribution is 5.92. The van der Waals surface area contributed by atoms with Crippen LogP contribution in [0, 0.1) is 5.92 Å². The van der Waals surface area contributed by atoms with Gasteiger partial charge < -0.3 is 14.5 Å². The van der Waals surface area contributed by atoms with Gasteiger partial charge in [0.1, 0.15) is 11.8 Å². The molecule has 0 spiro atoms. The number of benzene rings is 2. The zero-order chi connectivity index (χ0) is 21.1. The van der Waals surface area contributed by atoms with Gasteiger partial charge >= 0.3 is 0 Å². The molecule has 0 amide bonds. The predicted molar refractivity (Wildman–Crippen MR) is 120 cm³/mol. The maximum atomic E-state index is 12.7. The molecule has 6 nitrogen and oxygen atoms in total. The van der Waals surface area contributed by atoms with Crippen molar-refractivity contribution in [1.29, 1.82) is 0 Å². The molecule has 0 radical (unpaired) electrons. The summed E-state index contributed by atoms with van der Waals surface area (Å²) in [6.07, 6.45) is 0.934. The Kier molecular flexibility index (Phi) is 6.02. The quantitative estimate of drug-likeness (QED) is 0.708. The van der Waals surface area contributed by atoms with Gasteiger partial charge in [0.2, 0.25) is 0 Å². The Labute approximate surface area is 178 Å². The van der Waals surface area contributed by atoms with Gasteiger partial charge in [0.05, 0.1) is 7.11 Å². The lowest BCUT2D eigenvalue weighted by atomic mass is 9.91. The monoisotopic (exact) mass is 406 g/mol. The van der Waals surface area contributed by atoms with E-state index in [0.717, 1.165) is 43.9 Å². The number of anilines is 2. The van der Waals surface area contributed by atoms with Crippen molar-refractivity contribution in [2.24, 2.45) is 16.1 Å². The van der Waals surface area contributed by atoms with Crippen molar-refractivity contribution in [3.63, 3.8) is 0 Å². The Morgan fingerprint density at radius 2 is 1.47 bits per heavy atom. The number of nitrogens with zero attached hydrogens (tertiary/aromatic N) is 4. The summed E-state index contributed by atoms with van der Waals surface area (Å²) < 4.78 is 5.25. The van der Waals surface area contributed by atoms with Crippen LogP contribution in [0.5, 0.6) is 5.75 Å². The molecule has 2 heterocycles. The lowest BCUT2D eigenvalue weighted by molar-refractivity contribution is -0.121. The molecule has 2 aliphatic heterocycles. The van der Waals surface area contributed by atoms with Crippen LogP contribution in [-0.4, -0.2) is 45.1 Å². The first-order valence-corrected chi connectivity index (χ1v) is 10.8. The third kappa shape index (κ3) is 4.04. The van der Waals surface area contributed by atoms with Crippen LogP contribution >= 0.6 is 0 Å². The van der Waals surface area contributed by atoms with Crippen molar-refractivity contribution < 1.29 is 9.53 Å². The molecule has 0 N–H and O–H groups in total. The lowest BCUT2D eigenvalue weighted by Crippen LogP contribution is -2.46. The molecule has 2 aromatic rings. The van der Waals surface area contributed by atoms with Crippen LogP contribution in [-0.2, 0) is 4.79 Å².